The van der Waals surface area contributed by atoms with Crippen molar-refractivity contribution in [3.8, 4) is 0 Å². The molecule has 164 valence electrons. The first-order chi connectivity index (χ1) is 15.2. The summed E-state index contributed by atoms with van der Waals surface area (Å²) in [6.45, 7) is 3.94. The van der Waals surface area contributed by atoms with Crippen molar-refractivity contribution in [3.63, 3.8) is 0 Å². The first-order valence-corrected chi connectivity index (χ1v) is 11.6. The molecule has 0 aliphatic rings. The molecule has 4 rings (SSSR count). The van der Waals surface area contributed by atoms with Gasteiger partial charge >= 0.3 is 0 Å². The highest BCUT2D eigenvalue weighted by Crippen LogP contribution is 2.29. The first-order valence-electron chi connectivity index (χ1n) is 9.71. The normalized spacial score (nSPS) is 11.8. The number of fused-ring (bicyclic) bond motifs is 1. The Balaban J connectivity index is 1.72. The second kappa shape index (κ2) is 8.25. The molecule has 0 bridgehead atoms. The quantitative estimate of drug-likeness (QED) is 0.406. The maximum atomic E-state index is 13.4. The van der Waals surface area contributed by atoms with Crippen molar-refractivity contribution in [2.45, 2.75) is 24.8 Å². The van der Waals surface area contributed by atoms with Gasteiger partial charge in [-0.2, -0.15) is 0 Å². The van der Waals surface area contributed by atoms with E-state index in [0.29, 0.717) is 27.2 Å². The molecule has 0 aliphatic carbocycles. The Bertz CT molecular complexity index is 1450. The smallest absolute Gasteiger partial charge is 0.261 e. The Morgan fingerprint density at radius 3 is 2.59 bits per heavy atom. The Morgan fingerprint density at radius 1 is 1.12 bits per heavy atom. The second-order valence-corrected chi connectivity index (χ2v) is 9.59. The standard InChI is InChI=1S/C22H20ClN5O3S/c1-13(2)28-11-18(19-21(24)25-12-26-22(19)28)20(29)14-5-3-7-16(9-14)27-32(30,31)17-8-4-6-15(23)10-17/h3-13,27H,1-2H3,(H2,24,25,26). The molecule has 2 aromatic heterocycles. The van der Waals surface area contributed by atoms with Gasteiger partial charge in [0.25, 0.3) is 10.0 Å². The molecule has 0 amide bonds. The van der Waals surface area contributed by atoms with E-state index < -0.39 is 10.0 Å². The largest absolute Gasteiger partial charge is 0.383 e. The molecule has 0 spiro atoms. The van der Waals surface area contributed by atoms with Gasteiger partial charge in [-0.25, -0.2) is 18.4 Å². The van der Waals surface area contributed by atoms with E-state index in [9.17, 15) is 13.2 Å². The van der Waals surface area contributed by atoms with E-state index in [0.717, 1.165) is 0 Å². The van der Waals surface area contributed by atoms with Gasteiger partial charge in [0, 0.05) is 28.5 Å². The van der Waals surface area contributed by atoms with Crippen molar-refractivity contribution in [3.05, 3.63) is 77.2 Å². The lowest BCUT2D eigenvalue weighted by molar-refractivity contribution is 0.104. The summed E-state index contributed by atoms with van der Waals surface area (Å²) in [5, 5.41) is 0.772. The number of rotatable bonds is 6. The number of ketones is 1. The lowest BCUT2D eigenvalue weighted by Gasteiger charge is -2.10. The van der Waals surface area contributed by atoms with E-state index in [2.05, 4.69) is 14.7 Å². The number of nitrogens with one attached hydrogen (secondary N) is 1. The van der Waals surface area contributed by atoms with E-state index in [1.54, 1.807) is 36.5 Å². The molecule has 0 aliphatic heterocycles. The van der Waals surface area contributed by atoms with Crippen LogP contribution in [0.4, 0.5) is 11.5 Å². The molecule has 8 nitrogen and oxygen atoms in total. The number of carbonyl (C=O) groups is 1. The average molecular weight is 470 g/mol. The van der Waals surface area contributed by atoms with Crippen molar-refractivity contribution in [1.29, 1.82) is 0 Å². The topological polar surface area (TPSA) is 120 Å². The van der Waals surface area contributed by atoms with Crippen molar-refractivity contribution in [2.75, 3.05) is 10.5 Å². The van der Waals surface area contributed by atoms with Crippen LogP contribution in [0.3, 0.4) is 0 Å². The zero-order valence-corrected chi connectivity index (χ0v) is 18.9. The Labute approximate surface area is 190 Å². The fourth-order valence-corrected chi connectivity index (χ4v) is 4.75. The number of carbonyl (C=O) groups excluding carboxylic acids is 1. The molecule has 0 unspecified atom stereocenters. The minimum Gasteiger partial charge on any atom is -0.383 e. The summed E-state index contributed by atoms with van der Waals surface area (Å²) < 4.78 is 29.8. The lowest BCUT2D eigenvalue weighted by Crippen LogP contribution is -2.13. The summed E-state index contributed by atoms with van der Waals surface area (Å²) in [6, 6.07) is 12.2. The molecule has 2 aromatic carbocycles. The fraction of sp³-hybridized carbons (Fsp3) is 0.136. The zero-order chi connectivity index (χ0) is 23.0. The van der Waals surface area contributed by atoms with Gasteiger partial charge in [-0.1, -0.05) is 29.8 Å². The summed E-state index contributed by atoms with van der Waals surface area (Å²) in [4.78, 5) is 21.7. The highest BCUT2D eigenvalue weighted by molar-refractivity contribution is 7.92. The van der Waals surface area contributed by atoms with Gasteiger partial charge in [-0.15, -0.1) is 0 Å². The van der Waals surface area contributed by atoms with E-state index in [1.807, 2.05) is 18.4 Å². The number of hydrogen-bond donors (Lipinski definition) is 2. The fourth-order valence-electron chi connectivity index (χ4n) is 3.40. The number of nitrogens with two attached hydrogens (primary N) is 1. The molecular formula is C22H20ClN5O3S. The number of hydrogen-bond acceptors (Lipinski definition) is 6. The predicted octanol–water partition coefficient (Wildman–Crippen LogP) is 4.28. The Morgan fingerprint density at radius 2 is 1.88 bits per heavy atom. The van der Waals surface area contributed by atoms with Crippen molar-refractivity contribution < 1.29 is 13.2 Å². The third-order valence-corrected chi connectivity index (χ3v) is 6.54. The summed E-state index contributed by atoms with van der Waals surface area (Å²) >= 11 is 5.91. The van der Waals surface area contributed by atoms with Crippen LogP contribution in [-0.2, 0) is 10.0 Å². The van der Waals surface area contributed by atoms with Gasteiger partial charge in [0.05, 0.1) is 15.8 Å². The van der Waals surface area contributed by atoms with E-state index >= 15 is 0 Å². The number of benzene rings is 2. The molecule has 0 saturated carbocycles. The van der Waals surface area contributed by atoms with Crippen molar-refractivity contribution >= 4 is 49.9 Å². The summed E-state index contributed by atoms with van der Waals surface area (Å²) in [7, 11) is -3.88. The van der Waals surface area contributed by atoms with Crippen LogP contribution in [0, 0.1) is 0 Å². The van der Waals surface area contributed by atoms with E-state index in [4.69, 9.17) is 17.3 Å². The van der Waals surface area contributed by atoms with E-state index in [1.165, 1.54) is 24.5 Å². The molecule has 0 atom stereocenters. The van der Waals surface area contributed by atoms with Crippen molar-refractivity contribution in [2.24, 2.45) is 0 Å². The minimum atomic E-state index is -3.88. The molecule has 0 radical (unpaired) electrons. The van der Waals surface area contributed by atoms with Crippen LogP contribution in [0.5, 0.6) is 0 Å². The van der Waals surface area contributed by atoms with Gasteiger partial charge in [-0.3, -0.25) is 9.52 Å². The number of sulfonamides is 1. The molecular weight excluding hydrogens is 450 g/mol. The predicted molar refractivity (Wildman–Crippen MR) is 124 cm³/mol. The van der Waals surface area contributed by atoms with Crippen LogP contribution < -0.4 is 10.5 Å². The molecule has 3 N–H and O–H groups in total. The van der Waals surface area contributed by atoms with Crippen LogP contribution >= 0.6 is 11.6 Å². The molecule has 0 saturated heterocycles. The first kappa shape index (κ1) is 21.8. The van der Waals surface area contributed by atoms with Gasteiger partial charge in [0.1, 0.15) is 17.8 Å². The molecule has 4 aromatic rings. The van der Waals surface area contributed by atoms with Gasteiger partial charge < -0.3 is 10.3 Å². The Kier molecular flexibility index (Phi) is 5.62. The lowest BCUT2D eigenvalue weighted by atomic mass is 10.0. The van der Waals surface area contributed by atoms with Gasteiger partial charge in [0.15, 0.2) is 5.78 Å². The maximum absolute atomic E-state index is 13.4. The number of nitrogens with zero attached hydrogens (tertiary/aromatic N) is 3. The number of nitrogen functional groups attached to an aromatic ring is 1. The zero-order valence-electron chi connectivity index (χ0n) is 17.3. The number of aromatic nitrogens is 3. The summed E-state index contributed by atoms with van der Waals surface area (Å²) in [5.41, 5.74) is 7.51. The highest BCUT2D eigenvalue weighted by atomic mass is 35.5. The molecule has 2 heterocycles. The van der Waals surface area contributed by atoms with Gasteiger partial charge in [-0.05, 0) is 44.2 Å². The maximum Gasteiger partial charge on any atom is 0.261 e. The van der Waals surface area contributed by atoms with Gasteiger partial charge in [0.2, 0.25) is 0 Å². The van der Waals surface area contributed by atoms with Crippen LogP contribution in [0.25, 0.3) is 11.0 Å². The second-order valence-electron chi connectivity index (χ2n) is 7.47. The third-order valence-electron chi connectivity index (χ3n) is 4.92. The summed E-state index contributed by atoms with van der Waals surface area (Å²) in [5.74, 6) is -0.115. The molecule has 0 fully saturated rings. The Hall–Kier alpha value is -3.43. The average Bonchev–Trinajstić information content (AvgIpc) is 3.14. The molecule has 32 heavy (non-hydrogen) atoms. The summed E-state index contributed by atoms with van der Waals surface area (Å²) in [6.07, 6.45) is 3.06. The highest BCUT2D eigenvalue weighted by Gasteiger charge is 2.22. The van der Waals surface area contributed by atoms with Crippen LogP contribution in [0.2, 0.25) is 5.02 Å². The molecule has 10 heteroatoms. The van der Waals surface area contributed by atoms with Crippen LogP contribution in [0.15, 0.2) is 66.0 Å². The van der Waals surface area contributed by atoms with E-state index in [-0.39, 0.29) is 28.2 Å². The third kappa shape index (κ3) is 4.04. The van der Waals surface area contributed by atoms with Crippen LogP contribution in [-0.4, -0.2) is 28.7 Å². The SMILES string of the molecule is CC(C)n1cc(C(=O)c2cccc(NS(=O)(=O)c3cccc(Cl)c3)c2)c2c(N)ncnc21. The minimum absolute atomic E-state index is 0.0201. The number of halogens is 1. The number of anilines is 2. The van der Waals surface area contributed by atoms with Crippen molar-refractivity contribution in [1.82, 2.24) is 14.5 Å². The monoisotopic (exact) mass is 469 g/mol. The van der Waals surface area contributed by atoms with Crippen LogP contribution in [0.1, 0.15) is 35.8 Å².